The number of halogens is 1. The van der Waals surface area contributed by atoms with Crippen LogP contribution >= 0.6 is 11.6 Å². The largest absolute Gasteiger partial charge is 0.487 e. The summed E-state index contributed by atoms with van der Waals surface area (Å²) in [7, 11) is 0. The summed E-state index contributed by atoms with van der Waals surface area (Å²) in [6.45, 7) is 2.82. The number of benzene rings is 2. The van der Waals surface area contributed by atoms with E-state index in [1.54, 1.807) is 6.07 Å². The van der Waals surface area contributed by atoms with E-state index in [1.807, 2.05) is 49.4 Å². The van der Waals surface area contributed by atoms with Gasteiger partial charge < -0.3 is 15.8 Å². The Morgan fingerprint density at radius 2 is 1.83 bits per heavy atom. The number of rotatable bonds is 8. The molecule has 0 fully saturated rings. The molecular formula is C19H23ClN2O2. The summed E-state index contributed by atoms with van der Waals surface area (Å²) in [6, 6.07) is 14.7. The Morgan fingerprint density at radius 1 is 1.17 bits per heavy atom. The Kier molecular flexibility index (Phi) is 7.09. The molecule has 4 nitrogen and oxygen atoms in total. The van der Waals surface area contributed by atoms with Crippen LogP contribution in [0.1, 0.15) is 30.9 Å². The van der Waals surface area contributed by atoms with Crippen molar-refractivity contribution in [3.8, 4) is 5.75 Å². The van der Waals surface area contributed by atoms with Crippen LogP contribution < -0.4 is 15.8 Å². The molecular weight excluding hydrogens is 324 g/mol. The van der Waals surface area contributed by atoms with Crippen molar-refractivity contribution in [2.45, 2.75) is 39.0 Å². The van der Waals surface area contributed by atoms with Crippen LogP contribution in [0, 0.1) is 0 Å². The Morgan fingerprint density at radius 3 is 2.54 bits per heavy atom. The van der Waals surface area contributed by atoms with Crippen LogP contribution in [0.3, 0.4) is 0 Å². The fraction of sp³-hybridized carbons (Fsp3) is 0.316. The van der Waals surface area contributed by atoms with Crippen molar-refractivity contribution in [3.05, 3.63) is 64.7 Å². The standard InChI is InChI=1S/C19H23ClN2O2/c1-2-7-17(21)19(23)22-12-14-8-3-4-9-15(14)13-24-18-11-6-5-10-16(18)20/h3-6,8-11,17H,2,7,12-13,21H2,1H3,(H,22,23). The maximum atomic E-state index is 12.0. The number of nitrogens with one attached hydrogen (secondary N) is 1. The Hall–Kier alpha value is -2.04. The molecule has 0 aromatic heterocycles. The van der Waals surface area contributed by atoms with Crippen LogP contribution in [-0.2, 0) is 17.9 Å². The molecule has 0 radical (unpaired) electrons. The molecule has 0 aliphatic carbocycles. The van der Waals surface area contributed by atoms with Crippen LogP contribution in [0.15, 0.2) is 48.5 Å². The predicted octanol–water partition coefficient (Wildman–Crippen LogP) is 3.66. The van der Waals surface area contributed by atoms with Gasteiger partial charge in [0.05, 0.1) is 11.1 Å². The van der Waals surface area contributed by atoms with E-state index in [1.165, 1.54) is 0 Å². The minimum absolute atomic E-state index is 0.126. The summed E-state index contributed by atoms with van der Waals surface area (Å²) in [5.41, 5.74) is 7.83. The molecule has 128 valence electrons. The van der Waals surface area contributed by atoms with E-state index >= 15 is 0 Å². The maximum absolute atomic E-state index is 12.0. The van der Waals surface area contributed by atoms with Crippen LogP contribution in [0.4, 0.5) is 0 Å². The van der Waals surface area contributed by atoms with E-state index in [9.17, 15) is 4.79 Å². The molecule has 0 saturated carbocycles. The van der Waals surface area contributed by atoms with Gasteiger partial charge in [0.2, 0.25) is 5.91 Å². The van der Waals surface area contributed by atoms with Crippen molar-refractivity contribution in [1.82, 2.24) is 5.32 Å². The zero-order chi connectivity index (χ0) is 17.4. The number of para-hydroxylation sites is 1. The fourth-order valence-electron chi connectivity index (χ4n) is 2.34. The summed E-state index contributed by atoms with van der Waals surface area (Å²) in [4.78, 5) is 12.0. The van der Waals surface area contributed by atoms with E-state index in [0.29, 0.717) is 30.3 Å². The third kappa shape index (κ3) is 5.25. The Balaban J connectivity index is 1.97. The van der Waals surface area contributed by atoms with Crippen molar-refractivity contribution in [2.75, 3.05) is 0 Å². The second-order valence-corrected chi connectivity index (χ2v) is 6.01. The molecule has 2 aromatic carbocycles. The number of amides is 1. The molecule has 0 bridgehead atoms. The van der Waals surface area contributed by atoms with E-state index < -0.39 is 6.04 Å². The van der Waals surface area contributed by atoms with Gasteiger partial charge in [-0.15, -0.1) is 0 Å². The zero-order valence-electron chi connectivity index (χ0n) is 13.8. The second kappa shape index (κ2) is 9.30. The molecule has 1 unspecified atom stereocenters. The molecule has 1 atom stereocenters. The highest BCUT2D eigenvalue weighted by molar-refractivity contribution is 6.32. The Labute approximate surface area is 148 Å². The van der Waals surface area contributed by atoms with Gasteiger partial charge in [-0.3, -0.25) is 4.79 Å². The number of hydrogen-bond donors (Lipinski definition) is 2. The third-order valence-electron chi connectivity index (χ3n) is 3.73. The quantitative estimate of drug-likeness (QED) is 0.766. The van der Waals surface area contributed by atoms with Crippen molar-refractivity contribution in [2.24, 2.45) is 5.73 Å². The van der Waals surface area contributed by atoms with Crippen LogP contribution in [0.5, 0.6) is 5.75 Å². The Bertz CT molecular complexity index is 676. The highest BCUT2D eigenvalue weighted by Crippen LogP contribution is 2.24. The van der Waals surface area contributed by atoms with Gasteiger partial charge in [-0.1, -0.05) is 61.3 Å². The first-order valence-corrected chi connectivity index (χ1v) is 8.47. The van der Waals surface area contributed by atoms with Gasteiger partial charge in [0.15, 0.2) is 0 Å². The normalized spacial score (nSPS) is 11.8. The lowest BCUT2D eigenvalue weighted by Crippen LogP contribution is -2.40. The zero-order valence-corrected chi connectivity index (χ0v) is 14.6. The average molecular weight is 347 g/mol. The molecule has 0 aliphatic rings. The van der Waals surface area contributed by atoms with Gasteiger partial charge in [0, 0.05) is 6.54 Å². The number of carbonyl (C=O) groups is 1. The number of nitrogens with two attached hydrogens (primary N) is 1. The molecule has 2 rings (SSSR count). The minimum atomic E-state index is -0.457. The summed E-state index contributed by atoms with van der Waals surface area (Å²) in [5, 5.41) is 3.47. The SMILES string of the molecule is CCCC(N)C(=O)NCc1ccccc1COc1ccccc1Cl. The van der Waals surface area contributed by atoms with E-state index in [2.05, 4.69) is 5.32 Å². The molecule has 0 spiro atoms. The number of ether oxygens (including phenoxy) is 1. The maximum Gasteiger partial charge on any atom is 0.237 e. The first-order valence-electron chi connectivity index (χ1n) is 8.09. The average Bonchev–Trinajstić information content (AvgIpc) is 2.60. The van der Waals surface area contributed by atoms with Gasteiger partial charge in [0.25, 0.3) is 0 Å². The van der Waals surface area contributed by atoms with Gasteiger partial charge in [-0.05, 0) is 29.7 Å². The molecule has 2 aromatic rings. The minimum Gasteiger partial charge on any atom is -0.487 e. The smallest absolute Gasteiger partial charge is 0.237 e. The molecule has 1 amide bonds. The third-order valence-corrected chi connectivity index (χ3v) is 4.04. The molecule has 24 heavy (non-hydrogen) atoms. The first-order chi connectivity index (χ1) is 11.6. The molecule has 0 heterocycles. The van der Waals surface area contributed by atoms with Gasteiger partial charge in [-0.25, -0.2) is 0 Å². The number of hydrogen-bond acceptors (Lipinski definition) is 3. The van der Waals surface area contributed by atoms with E-state index in [-0.39, 0.29) is 5.91 Å². The van der Waals surface area contributed by atoms with Crippen LogP contribution in [0.2, 0.25) is 5.02 Å². The van der Waals surface area contributed by atoms with Gasteiger partial charge in [-0.2, -0.15) is 0 Å². The van der Waals surface area contributed by atoms with Gasteiger partial charge >= 0.3 is 0 Å². The van der Waals surface area contributed by atoms with Crippen molar-refractivity contribution >= 4 is 17.5 Å². The predicted molar refractivity (Wildman–Crippen MR) is 97.0 cm³/mol. The monoisotopic (exact) mass is 346 g/mol. The fourth-order valence-corrected chi connectivity index (χ4v) is 2.53. The second-order valence-electron chi connectivity index (χ2n) is 5.60. The van der Waals surface area contributed by atoms with Crippen molar-refractivity contribution < 1.29 is 9.53 Å². The summed E-state index contributed by atoms with van der Waals surface area (Å²) < 4.78 is 5.79. The molecule has 5 heteroatoms. The molecule has 3 N–H and O–H groups in total. The number of carbonyl (C=O) groups excluding carboxylic acids is 1. The highest BCUT2D eigenvalue weighted by atomic mass is 35.5. The summed E-state index contributed by atoms with van der Waals surface area (Å²) >= 11 is 6.10. The van der Waals surface area contributed by atoms with Crippen LogP contribution in [-0.4, -0.2) is 11.9 Å². The van der Waals surface area contributed by atoms with Crippen molar-refractivity contribution in [1.29, 1.82) is 0 Å². The van der Waals surface area contributed by atoms with Crippen LogP contribution in [0.25, 0.3) is 0 Å². The lowest BCUT2D eigenvalue weighted by atomic mass is 10.1. The lowest BCUT2D eigenvalue weighted by molar-refractivity contribution is -0.122. The van der Waals surface area contributed by atoms with Crippen molar-refractivity contribution in [3.63, 3.8) is 0 Å². The van der Waals surface area contributed by atoms with Gasteiger partial charge in [0.1, 0.15) is 12.4 Å². The summed E-state index contributed by atoms with van der Waals surface area (Å²) in [6.07, 6.45) is 1.57. The first kappa shape index (κ1) is 18.3. The molecule has 0 aliphatic heterocycles. The summed E-state index contributed by atoms with van der Waals surface area (Å²) in [5.74, 6) is 0.515. The lowest BCUT2D eigenvalue weighted by Gasteiger charge is -2.14. The highest BCUT2D eigenvalue weighted by Gasteiger charge is 2.12. The molecule has 0 saturated heterocycles. The van der Waals surface area contributed by atoms with E-state index in [0.717, 1.165) is 17.5 Å². The topological polar surface area (TPSA) is 64.4 Å². The van der Waals surface area contributed by atoms with E-state index in [4.69, 9.17) is 22.1 Å².